The molecule has 0 saturated carbocycles. The van der Waals surface area contributed by atoms with E-state index >= 15 is 0 Å². The number of allylic oxidation sites excluding steroid dienone is 4. The van der Waals surface area contributed by atoms with Gasteiger partial charge in [-0.15, -0.1) is 5.10 Å². The topological polar surface area (TPSA) is 42.7 Å². The molecule has 4 heteroatoms. The van der Waals surface area contributed by atoms with Crippen molar-refractivity contribution in [3.63, 3.8) is 0 Å². The first kappa shape index (κ1) is 12.0. The second-order valence-electron chi connectivity index (χ2n) is 4.42. The SMILES string of the molecule is CNCCc1cn(CCC2C=CC=CC2)nn1. The minimum Gasteiger partial charge on any atom is -0.319 e. The van der Waals surface area contributed by atoms with E-state index in [1.54, 1.807) is 0 Å². The first-order valence-corrected chi connectivity index (χ1v) is 6.25. The summed E-state index contributed by atoms with van der Waals surface area (Å²) in [7, 11) is 1.95. The van der Waals surface area contributed by atoms with Crippen LogP contribution < -0.4 is 5.32 Å². The van der Waals surface area contributed by atoms with E-state index in [2.05, 4.69) is 46.1 Å². The molecule has 0 amide bonds. The van der Waals surface area contributed by atoms with Gasteiger partial charge in [0.25, 0.3) is 0 Å². The van der Waals surface area contributed by atoms with Gasteiger partial charge in [0.2, 0.25) is 0 Å². The minimum atomic E-state index is 0.657. The molecule has 1 aromatic heterocycles. The highest BCUT2D eigenvalue weighted by Gasteiger charge is 2.06. The fraction of sp³-hybridized carbons (Fsp3) is 0.538. The molecule has 0 radical (unpaired) electrons. The van der Waals surface area contributed by atoms with Gasteiger partial charge in [0.05, 0.1) is 5.69 Å². The van der Waals surface area contributed by atoms with Crippen LogP contribution in [0.2, 0.25) is 0 Å². The predicted molar refractivity (Wildman–Crippen MR) is 68.7 cm³/mol. The molecule has 0 bridgehead atoms. The summed E-state index contributed by atoms with van der Waals surface area (Å²) in [6.45, 7) is 1.91. The first-order valence-electron chi connectivity index (χ1n) is 6.25. The van der Waals surface area contributed by atoms with E-state index in [1.165, 1.54) is 0 Å². The third-order valence-electron chi connectivity index (χ3n) is 3.02. The lowest BCUT2D eigenvalue weighted by Gasteiger charge is -2.11. The van der Waals surface area contributed by atoms with Gasteiger partial charge in [0.15, 0.2) is 0 Å². The van der Waals surface area contributed by atoms with E-state index < -0.39 is 0 Å². The van der Waals surface area contributed by atoms with Crippen LogP contribution in [0.3, 0.4) is 0 Å². The molecule has 1 aliphatic rings. The smallest absolute Gasteiger partial charge is 0.0839 e. The lowest BCUT2D eigenvalue weighted by Crippen LogP contribution is -2.10. The fourth-order valence-electron chi connectivity index (χ4n) is 1.96. The van der Waals surface area contributed by atoms with Crippen molar-refractivity contribution < 1.29 is 0 Å². The summed E-state index contributed by atoms with van der Waals surface area (Å²) in [5.41, 5.74) is 1.07. The van der Waals surface area contributed by atoms with Crippen LogP contribution in [0.1, 0.15) is 18.5 Å². The molecule has 17 heavy (non-hydrogen) atoms. The molecule has 0 aliphatic heterocycles. The molecule has 0 fully saturated rings. The van der Waals surface area contributed by atoms with Crippen molar-refractivity contribution in [2.24, 2.45) is 5.92 Å². The number of aromatic nitrogens is 3. The van der Waals surface area contributed by atoms with Gasteiger partial charge < -0.3 is 5.32 Å². The zero-order valence-electron chi connectivity index (χ0n) is 10.3. The van der Waals surface area contributed by atoms with Gasteiger partial charge >= 0.3 is 0 Å². The van der Waals surface area contributed by atoms with Crippen LogP contribution in [-0.4, -0.2) is 28.6 Å². The molecule has 0 aromatic carbocycles. The molecule has 0 spiro atoms. The van der Waals surface area contributed by atoms with Crippen LogP contribution in [-0.2, 0) is 13.0 Å². The molecular formula is C13H20N4. The summed E-state index contributed by atoms with van der Waals surface area (Å²) in [4.78, 5) is 0. The maximum absolute atomic E-state index is 4.16. The van der Waals surface area contributed by atoms with Gasteiger partial charge in [-0.2, -0.15) is 0 Å². The lowest BCUT2D eigenvalue weighted by atomic mass is 9.97. The normalized spacial score (nSPS) is 18.8. The van der Waals surface area contributed by atoms with Crippen molar-refractivity contribution in [3.8, 4) is 0 Å². The number of likely N-dealkylation sites (N-methyl/N-ethyl adjacent to an activating group) is 1. The Hall–Kier alpha value is -1.42. The Kier molecular flexibility index (Phi) is 4.50. The standard InChI is InChI=1S/C13H20N4/c1-14-9-7-13-11-17(16-15-13)10-8-12-5-3-2-4-6-12/h2-5,11-12,14H,6-10H2,1H3. The first-order chi connectivity index (χ1) is 8.38. The van der Waals surface area contributed by atoms with E-state index in [4.69, 9.17) is 0 Å². The van der Waals surface area contributed by atoms with Gasteiger partial charge in [0, 0.05) is 25.7 Å². The van der Waals surface area contributed by atoms with Gasteiger partial charge in [-0.05, 0) is 25.8 Å². The Bertz CT molecular complexity index is 392. The van der Waals surface area contributed by atoms with Crippen molar-refractivity contribution >= 4 is 0 Å². The highest BCUT2D eigenvalue weighted by atomic mass is 15.4. The molecule has 1 N–H and O–H groups in total. The summed E-state index contributed by atoms with van der Waals surface area (Å²) in [5, 5.41) is 11.4. The second-order valence-corrected chi connectivity index (χ2v) is 4.42. The van der Waals surface area contributed by atoms with Gasteiger partial charge in [-0.1, -0.05) is 29.5 Å². The maximum atomic E-state index is 4.16. The Morgan fingerprint density at radius 2 is 2.41 bits per heavy atom. The number of rotatable bonds is 6. The summed E-state index contributed by atoms with van der Waals surface area (Å²) < 4.78 is 1.96. The highest BCUT2D eigenvalue weighted by Crippen LogP contribution is 2.16. The van der Waals surface area contributed by atoms with Crippen molar-refractivity contribution in [2.45, 2.75) is 25.8 Å². The van der Waals surface area contributed by atoms with Crippen molar-refractivity contribution in [1.29, 1.82) is 0 Å². The summed E-state index contributed by atoms with van der Waals surface area (Å²) in [6, 6.07) is 0. The molecule has 1 unspecified atom stereocenters. The zero-order chi connectivity index (χ0) is 11.9. The molecule has 1 aliphatic carbocycles. The van der Waals surface area contributed by atoms with Gasteiger partial charge in [-0.25, -0.2) is 0 Å². The quantitative estimate of drug-likeness (QED) is 0.809. The van der Waals surface area contributed by atoms with Crippen LogP contribution in [0.15, 0.2) is 30.5 Å². The van der Waals surface area contributed by atoms with Crippen molar-refractivity contribution in [3.05, 3.63) is 36.2 Å². The third kappa shape index (κ3) is 3.82. The Labute approximate surface area is 102 Å². The molecule has 0 saturated heterocycles. The molecule has 1 atom stereocenters. The van der Waals surface area contributed by atoms with E-state index in [-0.39, 0.29) is 0 Å². The average Bonchev–Trinajstić information content (AvgIpc) is 2.83. The van der Waals surface area contributed by atoms with E-state index in [9.17, 15) is 0 Å². The largest absolute Gasteiger partial charge is 0.319 e. The van der Waals surface area contributed by atoms with Crippen LogP contribution >= 0.6 is 0 Å². The summed E-state index contributed by atoms with van der Waals surface area (Å²) in [6.07, 6.45) is 14.0. The van der Waals surface area contributed by atoms with Crippen molar-refractivity contribution in [1.82, 2.24) is 20.3 Å². The molecule has 92 valence electrons. The monoisotopic (exact) mass is 232 g/mol. The summed E-state index contributed by atoms with van der Waals surface area (Å²) in [5.74, 6) is 0.657. The fourth-order valence-corrected chi connectivity index (χ4v) is 1.96. The number of hydrogen-bond acceptors (Lipinski definition) is 3. The van der Waals surface area contributed by atoms with Crippen LogP contribution in [0.4, 0.5) is 0 Å². The number of nitrogens with one attached hydrogen (secondary N) is 1. The molecule has 4 nitrogen and oxygen atoms in total. The average molecular weight is 232 g/mol. The Balaban J connectivity index is 1.76. The minimum absolute atomic E-state index is 0.657. The Morgan fingerprint density at radius 3 is 3.18 bits per heavy atom. The van der Waals surface area contributed by atoms with Crippen molar-refractivity contribution in [2.75, 3.05) is 13.6 Å². The molecule has 1 heterocycles. The predicted octanol–water partition coefficient (Wildman–Crippen LogP) is 1.56. The van der Waals surface area contributed by atoms with Gasteiger partial charge in [0.1, 0.15) is 0 Å². The number of aryl methyl sites for hydroxylation is 1. The van der Waals surface area contributed by atoms with Crippen LogP contribution in [0, 0.1) is 5.92 Å². The van der Waals surface area contributed by atoms with Crippen LogP contribution in [0.5, 0.6) is 0 Å². The van der Waals surface area contributed by atoms with E-state index in [0.29, 0.717) is 5.92 Å². The number of nitrogens with zero attached hydrogens (tertiary/aromatic N) is 3. The number of hydrogen-bond donors (Lipinski definition) is 1. The molecule has 1 aromatic rings. The lowest BCUT2D eigenvalue weighted by molar-refractivity contribution is 0.484. The second kappa shape index (κ2) is 6.35. The van der Waals surface area contributed by atoms with E-state index in [1.807, 2.05) is 11.7 Å². The zero-order valence-corrected chi connectivity index (χ0v) is 10.3. The van der Waals surface area contributed by atoms with Gasteiger partial charge in [-0.3, -0.25) is 4.68 Å². The molecular weight excluding hydrogens is 212 g/mol. The Morgan fingerprint density at radius 1 is 1.47 bits per heavy atom. The van der Waals surface area contributed by atoms with E-state index in [0.717, 1.165) is 38.0 Å². The maximum Gasteiger partial charge on any atom is 0.0839 e. The summed E-state index contributed by atoms with van der Waals surface area (Å²) >= 11 is 0. The highest BCUT2D eigenvalue weighted by molar-refractivity contribution is 5.10. The van der Waals surface area contributed by atoms with Crippen LogP contribution in [0.25, 0.3) is 0 Å². The molecule has 2 rings (SSSR count). The third-order valence-corrected chi connectivity index (χ3v) is 3.02.